The van der Waals surface area contributed by atoms with Gasteiger partial charge in [0.1, 0.15) is 5.49 Å². The molecule has 1 fully saturated rings. The molecule has 0 aromatic carbocycles. The van der Waals surface area contributed by atoms with Crippen molar-refractivity contribution in [3.8, 4) is 0 Å². The Kier molecular flexibility index (Phi) is 9.83. The molecule has 9 nitrogen and oxygen atoms in total. The van der Waals surface area contributed by atoms with Crippen molar-refractivity contribution in [2.45, 2.75) is 40.2 Å². The van der Waals surface area contributed by atoms with Crippen LogP contribution in [0.4, 0.5) is 4.79 Å². The number of nitrogens with one attached hydrogen (secondary N) is 3. The highest BCUT2D eigenvalue weighted by Gasteiger charge is 2.25. The molecule has 1 aromatic heterocycles. The molecule has 0 spiro atoms. The number of amides is 2. The largest absolute Gasteiger partial charge is 0.383 e. The van der Waals surface area contributed by atoms with E-state index in [0.717, 1.165) is 29.0 Å². The van der Waals surface area contributed by atoms with Crippen LogP contribution < -0.4 is 16.1 Å². The summed E-state index contributed by atoms with van der Waals surface area (Å²) in [6.45, 7) is 10.1. The van der Waals surface area contributed by atoms with Gasteiger partial charge in [-0.2, -0.15) is 5.06 Å². The molecule has 2 heterocycles. The fourth-order valence-corrected chi connectivity index (χ4v) is 3.49. The molecule has 1 saturated heterocycles. The van der Waals surface area contributed by atoms with E-state index < -0.39 is 0 Å². The number of aromatic nitrogens is 1. The molecule has 2 amide bonds. The molecule has 1 atom stereocenters. The average molecular weight is 445 g/mol. The van der Waals surface area contributed by atoms with Crippen LogP contribution in [0.25, 0.3) is 5.70 Å². The molecule has 3 N–H and O–H groups in total. The lowest BCUT2D eigenvalue weighted by atomic mass is 10.0. The average Bonchev–Trinajstić information content (AvgIpc) is 3.20. The molecule has 32 heavy (non-hydrogen) atoms. The summed E-state index contributed by atoms with van der Waals surface area (Å²) in [6.07, 6.45) is 4.88. The predicted molar refractivity (Wildman–Crippen MR) is 126 cm³/mol. The molecule has 0 aliphatic carbocycles. The molecule has 0 unspecified atom stereocenters. The minimum Gasteiger partial charge on any atom is -0.383 e. The highest BCUT2D eigenvalue weighted by Crippen LogP contribution is 2.13. The van der Waals surface area contributed by atoms with Crippen LogP contribution in [0, 0.1) is 5.41 Å². The summed E-state index contributed by atoms with van der Waals surface area (Å²) in [6, 6.07) is 3.27. The molecular formula is C23H36N6O3. The monoisotopic (exact) mass is 444 g/mol. The van der Waals surface area contributed by atoms with E-state index in [1.807, 2.05) is 37.6 Å². The summed E-state index contributed by atoms with van der Waals surface area (Å²) in [5.74, 6) is 0. The molecule has 176 valence electrons. The van der Waals surface area contributed by atoms with E-state index in [0.29, 0.717) is 37.5 Å². The van der Waals surface area contributed by atoms with Crippen LogP contribution in [0.2, 0.25) is 0 Å². The van der Waals surface area contributed by atoms with Gasteiger partial charge in [0.25, 0.3) is 0 Å². The third-order valence-electron chi connectivity index (χ3n) is 5.31. The Morgan fingerprint density at radius 1 is 1.38 bits per heavy atom. The first-order valence-corrected chi connectivity index (χ1v) is 10.8. The Hall–Kier alpha value is -2.75. The van der Waals surface area contributed by atoms with Gasteiger partial charge in [-0.1, -0.05) is 13.0 Å². The summed E-state index contributed by atoms with van der Waals surface area (Å²) in [7, 11) is 3.37. The van der Waals surface area contributed by atoms with Crippen molar-refractivity contribution in [2.75, 3.05) is 40.5 Å². The highest BCUT2D eigenvalue weighted by atomic mass is 16.7. The summed E-state index contributed by atoms with van der Waals surface area (Å²) < 4.78 is 6.89. The normalized spacial score (nSPS) is 18.5. The van der Waals surface area contributed by atoms with Gasteiger partial charge in [0, 0.05) is 50.4 Å². The van der Waals surface area contributed by atoms with Gasteiger partial charge in [-0.25, -0.2) is 4.79 Å². The number of hydroxylamine groups is 2. The van der Waals surface area contributed by atoms with Gasteiger partial charge < -0.3 is 19.9 Å². The smallest absolute Gasteiger partial charge is 0.319 e. The second kappa shape index (κ2) is 12.3. The number of carbonyl (C=O) groups excluding carboxylic acids is 1. The highest BCUT2D eigenvalue weighted by molar-refractivity contribution is 6.12. The summed E-state index contributed by atoms with van der Waals surface area (Å²) >= 11 is 0. The van der Waals surface area contributed by atoms with Gasteiger partial charge in [-0.3, -0.25) is 15.2 Å². The molecule has 0 radical (unpaired) electrons. The zero-order chi connectivity index (χ0) is 23.7. The number of ether oxygens (including phenoxy) is 1. The van der Waals surface area contributed by atoms with Gasteiger partial charge in [-0.15, -0.1) is 0 Å². The maximum Gasteiger partial charge on any atom is 0.319 e. The van der Waals surface area contributed by atoms with E-state index in [4.69, 9.17) is 15.0 Å². The number of carbonyl (C=O) groups is 1. The minimum atomic E-state index is -0.280. The minimum absolute atomic E-state index is 0.0869. The number of nitrogens with zero attached hydrogens (tertiary/aromatic N) is 3. The topological polar surface area (TPSA) is 104 Å². The number of urea groups is 1. The number of hydrogen-bond acceptors (Lipinski definition) is 6. The Labute approximate surface area is 190 Å². The molecule has 9 heteroatoms. The van der Waals surface area contributed by atoms with Crippen molar-refractivity contribution in [1.29, 1.82) is 5.41 Å². The van der Waals surface area contributed by atoms with Crippen molar-refractivity contribution in [3.05, 3.63) is 46.7 Å². The Balaban J connectivity index is 2.10. The van der Waals surface area contributed by atoms with Gasteiger partial charge in [0.2, 0.25) is 0 Å². The number of allylic oxidation sites excluding steroid dienone is 4. The van der Waals surface area contributed by atoms with Crippen molar-refractivity contribution >= 4 is 17.4 Å². The van der Waals surface area contributed by atoms with Crippen LogP contribution in [-0.4, -0.2) is 67.9 Å². The maximum absolute atomic E-state index is 12.5. The Bertz CT molecular complexity index is 947. The number of rotatable bonds is 9. The first-order chi connectivity index (χ1) is 15.3. The fourth-order valence-electron chi connectivity index (χ4n) is 3.49. The number of hydrogen-bond donors (Lipinski definition) is 3. The van der Waals surface area contributed by atoms with E-state index in [2.05, 4.69) is 28.6 Å². The lowest BCUT2D eigenvalue weighted by molar-refractivity contribution is -0.118. The number of methoxy groups -OCH3 is 1. The summed E-state index contributed by atoms with van der Waals surface area (Å²) in [4.78, 5) is 22.5. The lowest BCUT2D eigenvalue weighted by Crippen LogP contribution is -2.44. The van der Waals surface area contributed by atoms with E-state index in [1.54, 1.807) is 25.3 Å². The number of pyridine rings is 1. The van der Waals surface area contributed by atoms with Gasteiger partial charge in [0.15, 0.2) is 0 Å². The molecule has 2 rings (SSSR count). The van der Waals surface area contributed by atoms with E-state index in [-0.39, 0.29) is 12.1 Å². The maximum atomic E-state index is 12.5. The quantitative estimate of drug-likeness (QED) is 0.509. The third-order valence-corrected chi connectivity index (χ3v) is 5.31. The van der Waals surface area contributed by atoms with Crippen LogP contribution in [0.15, 0.2) is 40.7 Å². The molecule has 0 saturated carbocycles. The fraction of sp³-hybridized carbons (Fsp3) is 0.522. The Morgan fingerprint density at radius 2 is 2.12 bits per heavy atom. The molecule has 1 aliphatic heterocycles. The van der Waals surface area contributed by atoms with Gasteiger partial charge in [-0.05, 0) is 44.9 Å². The standard InChI is InChI=1S/C23H36N6O3/c1-7-8-16(2)29-13-19(9-10-21(29)24)22(25-5)17(3)18(4)26-23(30)27-20-14-28(32-15-20)11-12-31-6/h8-10,13,20,24H,7,11-12,14-15H2,1-6H3,(H2,26,27,30)/b16-8+,18-17+,24-21?,25-22?/t20-/m1/s1. The third kappa shape index (κ3) is 6.88. The second-order valence-corrected chi connectivity index (χ2v) is 7.72. The van der Waals surface area contributed by atoms with Crippen molar-refractivity contribution in [2.24, 2.45) is 4.99 Å². The van der Waals surface area contributed by atoms with Crippen molar-refractivity contribution < 1.29 is 14.4 Å². The van der Waals surface area contributed by atoms with E-state index in [1.165, 1.54) is 0 Å². The SMILES string of the molecule is CC/C=C(\C)n1cc(C(=NC)/C(C)=C(\C)NC(=O)N[C@H]2CON(CCOC)C2)ccc1=N. The Morgan fingerprint density at radius 3 is 2.78 bits per heavy atom. The van der Waals surface area contributed by atoms with Crippen molar-refractivity contribution in [1.82, 2.24) is 20.3 Å². The summed E-state index contributed by atoms with van der Waals surface area (Å²) in [5, 5.41) is 15.9. The second-order valence-electron chi connectivity index (χ2n) is 7.72. The van der Waals surface area contributed by atoms with Crippen LogP contribution in [0.5, 0.6) is 0 Å². The van der Waals surface area contributed by atoms with Gasteiger partial charge >= 0.3 is 6.03 Å². The summed E-state index contributed by atoms with van der Waals surface area (Å²) in [5.41, 5.74) is 4.60. The van der Waals surface area contributed by atoms with E-state index in [9.17, 15) is 4.79 Å². The zero-order valence-corrected chi connectivity index (χ0v) is 20.0. The van der Waals surface area contributed by atoms with Crippen LogP contribution in [-0.2, 0) is 9.57 Å². The van der Waals surface area contributed by atoms with Crippen LogP contribution >= 0.6 is 0 Å². The van der Waals surface area contributed by atoms with Crippen LogP contribution in [0.3, 0.4) is 0 Å². The molecule has 1 aromatic rings. The molecular weight excluding hydrogens is 408 g/mol. The van der Waals surface area contributed by atoms with Crippen LogP contribution in [0.1, 0.15) is 39.7 Å². The van der Waals surface area contributed by atoms with E-state index >= 15 is 0 Å². The van der Waals surface area contributed by atoms with Gasteiger partial charge in [0.05, 0.1) is 25.0 Å². The number of aliphatic imine (C=N–C) groups is 1. The first-order valence-electron chi connectivity index (χ1n) is 10.8. The first kappa shape index (κ1) is 25.5. The molecule has 1 aliphatic rings. The zero-order valence-electron chi connectivity index (χ0n) is 20.0. The lowest BCUT2D eigenvalue weighted by Gasteiger charge is -2.16. The van der Waals surface area contributed by atoms with Crippen molar-refractivity contribution in [3.63, 3.8) is 0 Å². The molecule has 0 bridgehead atoms. The predicted octanol–water partition coefficient (Wildman–Crippen LogP) is 2.51.